The third kappa shape index (κ3) is 5.33. The molecule has 0 bridgehead atoms. The third-order valence-corrected chi connectivity index (χ3v) is 9.11. The topological polar surface area (TPSA) is 82.7 Å². The summed E-state index contributed by atoms with van der Waals surface area (Å²) in [7, 11) is 0. The first-order valence-corrected chi connectivity index (χ1v) is 14.6. The maximum Gasteiger partial charge on any atom is 0.236 e. The molecule has 2 atom stereocenters. The van der Waals surface area contributed by atoms with Crippen LogP contribution in [0, 0.1) is 35.0 Å². The van der Waals surface area contributed by atoms with Gasteiger partial charge in [-0.05, 0) is 82.0 Å². The Hall–Kier alpha value is -2.36. The van der Waals surface area contributed by atoms with Crippen LogP contribution in [0.2, 0.25) is 0 Å². The first-order chi connectivity index (χ1) is 17.4. The smallest absolute Gasteiger partial charge is 0.236 e. The molecule has 2 aromatic heterocycles. The van der Waals surface area contributed by atoms with Crippen molar-refractivity contribution in [1.82, 2.24) is 19.5 Å². The number of rotatable bonds is 8. The van der Waals surface area contributed by atoms with E-state index in [4.69, 9.17) is 9.97 Å². The molecule has 3 heterocycles. The fourth-order valence-electron chi connectivity index (χ4n) is 6.66. The summed E-state index contributed by atoms with van der Waals surface area (Å²) in [6.45, 7) is 11.3. The van der Waals surface area contributed by atoms with E-state index in [1.807, 2.05) is 0 Å². The van der Waals surface area contributed by atoms with Gasteiger partial charge in [0.25, 0.3) is 0 Å². The van der Waals surface area contributed by atoms with E-state index < -0.39 is 0 Å². The molecule has 1 saturated heterocycles. The highest BCUT2D eigenvalue weighted by Crippen LogP contribution is 2.37. The van der Waals surface area contributed by atoms with Crippen molar-refractivity contribution in [3.8, 4) is 6.07 Å². The number of nitrogens with zero attached hydrogens (tertiary/aromatic N) is 6. The summed E-state index contributed by atoms with van der Waals surface area (Å²) in [6.07, 6.45) is 13.9. The van der Waals surface area contributed by atoms with Crippen LogP contribution < -0.4 is 10.2 Å². The van der Waals surface area contributed by atoms with Gasteiger partial charge in [-0.25, -0.2) is 0 Å². The second-order valence-corrected chi connectivity index (χ2v) is 12.4. The fraction of sp³-hybridized carbons (Fsp3) is 0.793. The van der Waals surface area contributed by atoms with Gasteiger partial charge in [0.05, 0.1) is 0 Å². The quantitative estimate of drug-likeness (QED) is 0.452. The number of piperidine rings is 1. The van der Waals surface area contributed by atoms with Crippen LogP contribution in [-0.4, -0.2) is 38.1 Å². The maximum absolute atomic E-state index is 9.73. The number of hydrogen-bond acceptors (Lipinski definition) is 6. The SMILES string of the molecule is CC(C)CC1CCCCN1c1nc2nc(C#N)nc(N[C@H](C)C3CCC3)c2n1CC1CCC(C)CC1. The lowest BCUT2D eigenvalue weighted by Gasteiger charge is -2.38. The Morgan fingerprint density at radius 1 is 0.972 bits per heavy atom. The Labute approximate surface area is 217 Å². The molecule has 0 spiro atoms. The molecule has 1 aliphatic heterocycles. The number of hydrogen-bond donors (Lipinski definition) is 1. The van der Waals surface area contributed by atoms with Crippen LogP contribution in [-0.2, 0) is 6.54 Å². The highest BCUT2D eigenvalue weighted by Gasteiger charge is 2.32. The average molecular weight is 492 g/mol. The van der Waals surface area contributed by atoms with Crippen molar-refractivity contribution >= 4 is 22.9 Å². The van der Waals surface area contributed by atoms with Crippen molar-refractivity contribution in [2.75, 3.05) is 16.8 Å². The number of nitriles is 1. The van der Waals surface area contributed by atoms with Gasteiger partial charge in [-0.2, -0.15) is 20.2 Å². The maximum atomic E-state index is 9.73. The summed E-state index contributed by atoms with van der Waals surface area (Å²) in [5.41, 5.74) is 1.68. The molecule has 7 heteroatoms. The van der Waals surface area contributed by atoms with Gasteiger partial charge >= 0.3 is 0 Å². The molecule has 2 aliphatic carbocycles. The second kappa shape index (κ2) is 10.9. The number of aromatic nitrogens is 4. The Bertz CT molecular complexity index is 1070. The van der Waals surface area contributed by atoms with E-state index in [9.17, 15) is 5.26 Å². The van der Waals surface area contributed by atoms with Crippen molar-refractivity contribution < 1.29 is 0 Å². The lowest BCUT2D eigenvalue weighted by molar-refractivity contribution is 0.265. The van der Waals surface area contributed by atoms with Crippen LogP contribution in [0.15, 0.2) is 0 Å². The first kappa shape index (κ1) is 25.3. The monoisotopic (exact) mass is 491 g/mol. The predicted octanol–water partition coefficient (Wildman–Crippen LogP) is 6.53. The van der Waals surface area contributed by atoms with Gasteiger partial charge in [0, 0.05) is 25.2 Å². The minimum atomic E-state index is 0.214. The zero-order valence-corrected chi connectivity index (χ0v) is 22.8. The molecule has 5 rings (SSSR count). The normalized spacial score (nSPS) is 26.1. The Balaban J connectivity index is 1.59. The number of imidazole rings is 1. The molecule has 36 heavy (non-hydrogen) atoms. The van der Waals surface area contributed by atoms with E-state index >= 15 is 0 Å². The zero-order chi connectivity index (χ0) is 25.2. The highest BCUT2D eigenvalue weighted by atomic mass is 15.3. The molecule has 1 N–H and O–H groups in total. The molecule has 1 unspecified atom stereocenters. The van der Waals surface area contributed by atoms with Crippen molar-refractivity contribution in [1.29, 1.82) is 5.26 Å². The molecule has 3 aliphatic rings. The molecule has 0 amide bonds. The van der Waals surface area contributed by atoms with Gasteiger partial charge in [-0.15, -0.1) is 0 Å². The lowest BCUT2D eigenvalue weighted by atomic mass is 9.80. The summed E-state index contributed by atoms with van der Waals surface area (Å²) in [6, 6.07) is 3.03. The summed E-state index contributed by atoms with van der Waals surface area (Å²) in [4.78, 5) is 17.1. The van der Waals surface area contributed by atoms with Gasteiger partial charge in [-0.1, -0.05) is 40.0 Å². The summed E-state index contributed by atoms with van der Waals surface area (Å²) in [5, 5.41) is 13.5. The molecule has 2 aromatic rings. The highest BCUT2D eigenvalue weighted by molar-refractivity contribution is 5.86. The third-order valence-electron chi connectivity index (χ3n) is 9.11. The average Bonchev–Trinajstić information content (AvgIpc) is 3.17. The van der Waals surface area contributed by atoms with Gasteiger partial charge in [-0.3, -0.25) is 0 Å². The van der Waals surface area contributed by atoms with E-state index in [0.29, 0.717) is 35.5 Å². The van der Waals surface area contributed by atoms with Crippen LogP contribution >= 0.6 is 0 Å². The largest absolute Gasteiger partial charge is 0.365 e. The van der Waals surface area contributed by atoms with Crippen LogP contribution in [0.25, 0.3) is 11.2 Å². The molecule has 196 valence electrons. The van der Waals surface area contributed by atoms with Crippen molar-refractivity contribution in [3.05, 3.63) is 5.82 Å². The van der Waals surface area contributed by atoms with Gasteiger partial charge in [0.1, 0.15) is 11.6 Å². The van der Waals surface area contributed by atoms with E-state index in [2.05, 4.69) is 53.5 Å². The van der Waals surface area contributed by atoms with Crippen molar-refractivity contribution in [2.45, 2.75) is 117 Å². The molecule has 7 nitrogen and oxygen atoms in total. The molecule has 0 radical (unpaired) electrons. The fourth-order valence-corrected chi connectivity index (χ4v) is 6.66. The molecule has 3 fully saturated rings. The van der Waals surface area contributed by atoms with Crippen LogP contribution in [0.4, 0.5) is 11.8 Å². The molecular weight excluding hydrogens is 446 g/mol. The lowest BCUT2D eigenvalue weighted by Crippen LogP contribution is -2.42. The Kier molecular flexibility index (Phi) is 7.69. The number of nitrogens with one attached hydrogen (secondary N) is 1. The minimum absolute atomic E-state index is 0.214. The van der Waals surface area contributed by atoms with Crippen LogP contribution in [0.1, 0.15) is 104 Å². The van der Waals surface area contributed by atoms with E-state index in [1.54, 1.807) is 0 Å². The summed E-state index contributed by atoms with van der Waals surface area (Å²) in [5.74, 6) is 4.88. The zero-order valence-electron chi connectivity index (χ0n) is 22.8. The van der Waals surface area contributed by atoms with Gasteiger partial charge in [0.15, 0.2) is 11.5 Å². The number of fused-ring (bicyclic) bond motifs is 1. The van der Waals surface area contributed by atoms with Gasteiger partial charge < -0.3 is 14.8 Å². The predicted molar refractivity (Wildman–Crippen MR) is 146 cm³/mol. The molecule has 2 saturated carbocycles. The van der Waals surface area contributed by atoms with E-state index in [1.165, 1.54) is 70.6 Å². The minimum Gasteiger partial charge on any atom is -0.365 e. The summed E-state index contributed by atoms with van der Waals surface area (Å²) >= 11 is 0. The Morgan fingerprint density at radius 3 is 2.42 bits per heavy atom. The molecule has 0 aromatic carbocycles. The van der Waals surface area contributed by atoms with Crippen LogP contribution in [0.3, 0.4) is 0 Å². The van der Waals surface area contributed by atoms with Gasteiger partial charge in [0.2, 0.25) is 11.8 Å². The Morgan fingerprint density at radius 2 is 1.75 bits per heavy atom. The molecular formula is C29H45N7. The van der Waals surface area contributed by atoms with Crippen molar-refractivity contribution in [2.24, 2.45) is 23.7 Å². The summed E-state index contributed by atoms with van der Waals surface area (Å²) < 4.78 is 2.45. The number of anilines is 2. The first-order valence-electron chi connectivity index (χ1n) is 14.6. The van der Waals surface area contributed by atoms with Crippen molar-refractivity contribution in [3.63, 3.8) is 0 Å². The second-order valence-electron chi connectivity index (χ2n) is 12.4. The standard InChI is InChI=1S/C29H45N7/c1-19(2)16-24-10-5-6-15-35(24)29-34-28-26(36(29)18-22-13-11-20(3)12-14-22)27(32-25(17-30)33-28)31-21(4)23-8-7-9-23/h19-24H,5-16,18H2,1-4H3,(H,31,32,33)/t20?,21-,22?,24?/m1/s1. The van der Waals surface area contributed by atoms with Crippen LogP contribution in [0.5, 0.6) is 0 Å². The van der Waals surface area contributed by atoms with E-state index in [-0.39, 0.29) is 5.82 Å². The van der Waals surface area contributed by atoms with E-state index in [0.717, 1.165) is 36.3 Å².